The molecule has 0 aliphatic heterocycles. The highest BCUT2D eigenvalue weighted by molar-refractivity contribution is 6.30. The van der Waals surface area contributed by atoms with Crippen LogP contribution in [0, 0.1) is 5.92 Å². The van der Waals surface area contributed by atoms with E-state index in [9.17, 15) is 0 Å². The number of nitrogens with two attached hydrogens (primary N) is 1. The van der Waals surface area contributed by atoms with Gasteiger partial charge >= 0.3 is 0 Å². The average Bonchev–Trinajstić information content (AvgIpc) is 2.28. The topological polar surface area (TPSA) is 29.3 Å². The van der Waals surface area contributed by atoms with Crippen LogP contribution in [0.15, 0.2) is 24.3 Å². The van der Waals surface area contributed by atoms with Gasteiger partial charge in [0.2, 0.25) is 0 Å². The van der Waals surface area contributed by atoms with Crippen LogP contribution < -0.4 is 5.73 Å². The minimum Gasteiger partial charge on any atom is -0.328 e. The second-order valence-corrected chi connectivity index (χ2v) is 6.06. The van der Waals surface area contributed by atoms with Crippen molar-refractivity contribution >= 4 is 11.6 Å². The Hall–Kier alpha value is -0.570. The molecule has 0 radical (unpaired) electrons. The Balaban J connectivity index is 1.82. The monoisotopic (exact) mass is 266 g/mol. The van der Waals surface area contributed by atoms with Gasteiger partial charge in [0.05, 0.1) is 0 Å². The van der Waals surface area contributed by atoms with Gasteiger partial charge in [-0.1, -0.05) is 30.2 Å². The number of hydrogen-bond donors (Lipinski definition) is 1. The lowest BCUT2D eigenvalue weighted by molar-refractivity contribution is 0.216. The predicted octanol–water partition coefficient (Wildman–Crippen LogP) is 3.29. The van der Waals surface area contributed by atoms with Crippen molar-refractivity contribution < 1.29 is 0 Å². The molecule has 0 saturated heterocycles. The summed E-state index contributed by atoms with van der Waals surface area (Å²) in [7, 11) is 2.18. The molecule has 2 atom stereocenters. The predicted molar refractivity (Wildman–Crippen MR) is 77.7 cm³/mol. The number of hydrogen-bond acceptors (Lipinski definition) is 2. The molecule has 3 heteroatoms. The Morgan fingerprint density at radius 2 is 2.22 bits per heavy atom. The molecule has 18 heavy (non-hydrogen) atoms. The molecule has 0 bridgehead atoms. The molecule has 2 rings (SSSR count). The number of nitrogens with zero attached hydrogens (tertiary/aromatic N) is 1. The Kier molecular flexibility index (Phi) is 5.04. The Labute approximate surface area is 115 Å². The van der Waals surface area contributed by atoms with Gasteiger partial charge in [-0.3, -0.25) is 0 Å². The van der Waals surface area contributed by atoms with Gasteiger partial charge in [-0.15, -0.1) is 0 Å². The van der Waals surface area contributed by atoms with Gasteiger partial charge in [0.1, 0.15) is 0 Å². The summed E-state index contributed by atoms with van der Waals surface area (Å²) in [5.74, 6) is 0.762. The van der Waals surface area contributed by atoms with E-state index in [0.717, 1.165) is 24.0 Å². The van der Waals surface area contributed by atoms with Crippen molar-refractivity contribution in [1.82, 2.24) is 4.90 Å². The van der Waals surface area contributed by atoms with E-state index >= 15 is 0 Å². The fourth-order valence-corrected chi connectivity index (χ4v) is 3.16. The first-order chi connectivity index (χ1) is 8.63. The van der Waals surface area contributed by atoms with Crippen molar-refractivity contribution in [2.24, 2.45) is 11.7 Å². The van der Waals surface area contributed by atoms with Gasteiger partial charge in [-0.25, -0.2) is 0 Å². The highest BCUT2D eigenvalue weighted by Gasteiger charge is 2.20. The molecule has 0 aromatic heterocycles. The molecule has 0 amide bonds. The van der Waals surface area contributed by atoms with Gasteiger partial charge in [0.15, 0.2) is 0 Å². The molecule has 2 nitrogen and oxygen atoms in total. The van der Waals surface area contributed by atoms with E-state index in [2.05, 4.69) is 18.0 Å². The summed E-state index contributed by atoms with van der Waals surface area (Å²) >= 11 is 6.00. The highest BCUT2D eigenvalue weighted by Crippen LogP contribution is 2.24. The smallest absolute Gasteiger partial charge is 0.0409 e. The third kappa shape index (κ3) is 4.27. The zero-order chi connectivity index (χ0) is 13.0. The number of rotatable bonds is 4. The van der Waals surface area contributed by atoms with Crippen LogP contribution in [-0.4, -0.2) is 24.5 Å². The van der Waals surface area contributed by atoms with Crippen LogP contribution in [0.1, 0.15) is 31.2 Å². The summed E-state index contributed by atoms with van der Waals surface area (Å²) < 4.78 is 0. The quantitative estimate of drug-likeness (QED) is 0.906. The van der Waals surface area contributed by atoms with Crippen molar-refractivity contribution in [3.63, 3.8) is 0 Å². The SMILES string of the molecule is CN(Cc1cccc(Cl)c1)CC1CCCC(N)C1. The average molecular weight is 267 g/mol. The van der Waals surface area contributed by atoms with E-state index in [-0.39, 0.29) is 0 Å². The highest BCUT2D eigenvalue weighted by atomic mass is 35.5. The second kappa shape index (κ2) is 6.55. The molecule has 1 aliphatic carbocycles. The Bertz CT molecular complexity index is 381. The molecule has 0 heterocycles. The maximum absolute atomic E-state index is 6.04. The summed E-state index contributed by atoms with van der Waals surface area (Å²) in [5.41, 5.74) is 7.32. The van der Waals surface area contributed by atoms with Crippen LogP contribution in [0.4, 0.5) is 0 Å². The Morgan fingerprint density at radius 1 is 1.39 bits per heavy atom. The maximum Gasteiger partial charge on any atom is 0.0409 e. The van der Waals surface area contributed by atoms with Gasteiger partial charge in [0, 0.05) is 24.2 Å². The van der Waals surface area contributed by atoms with Crippen molar-refractivity contribution in [2.45, 2.75) is 38.3 Å². The van der Waals surface area contributed by atoms with Crippen LogP contribution in [0.3, 0.4) is 0 Å². The van der Waals surface area contributed by atoms with Crippen LogP contribution in [0.25, 0.3) is 0 Å². The third-order valence-corrected chi connectivity index (χ3v) is 3.97. The first-order valence-corrected chi connectivity index (χ1v) is 7.20. The number of benzene rings is 1. The van der Waals surface area contributed by atoms with E-state index < -0.39 is 0 Å². The van der Waals surface area contributed by atoms with Gasteiger partial charge in [-0.2, -0.15) is 0 Å². The first kappa shape index (κ1) is 13.9. The summed E-state index contributed by atoms with van der Waals surface area (Å²) in [4.78, 5) is 2.38. The molecule has 2 N–H and O–H groups in total. The zero-order valence-electron chi connectivity index (χ0n) is 11.1. The largest absolute Gasteiger partial charge is 0.328 e. The van der Waals surface area contributed by atoms with Gasteiger partial charge in [-0.05, 0) is 49.9 Å². The second-order valence-electron chi connectivity index (χ2n) is 5.62. The lowest BCUT2D eigenvalue weighted by Crippen LogP contribution is -2.34. The normalized spacial score (nSPS) is 24.4. The fraction of sp³-hybridized carbons (Fsp3) is 0.600. The van der Waals surface area contributed by atoms with E-state index in [0.29, 0.717) is 6.04 Å². The number of halogens is 1. The van der Waals surface area contributed by atoms with Crippen LogP contribution in [0.5, 0.6) is 0 Å². The minimum absolute atomic E-state index is 0.420. The molecular formula is C15H23ClN2. The van der Waals surface area contributed by atoms with Crippen molar-refractivity contribution in [3.8, 4) is 0 Å². The summed E-state index contributed by atoms with van der Waals surface area (Å²) in [6, 6.07) is 8.54. The molecule has 100 valence electrons. The minimum atomic E-state index is 0.420. The van der Waals surface area contributed by atoms with Crippen LogP contribution >= 0.6 is 11.6 Å². The van der Waals surface area contributed by atoms with E-state index in [1.807, 2.05) is 18.2 Å². The zero-order valence-corrected chi connectivity index (χ0v) is 11.9. The fourth-order valence-electron chi connectivity index (χ4n) is 2.95. The van der Waals surface area contributed by atoms with Crippen LogP contribution in [0.2, 0.25) is 5.02 Å². The van der Waals surface area contributed by atoms with Gasteiger partial charge < -0.3 is 10.6 Å². The first-order valence-electron chi connectivity index (χ1n) is 6.82. The summed E-state index contributed by atoms with van der Waals surface area (Å²) in [6.45, 7) is 2.10. The van der Waals surface area contributed by atoms with E-state index in [4.69, 9.17) is 17.3 Å². The lowest BCUT2D eigenvalue weighted by Gasteiger charge is -2.30. The summed E-state index contributed by atoms with van der Waals surface area (Å²) in [6.07, 6.45) is 5.00. The molecular weight excluding hydrogens is 244 g/mol. The van der Waals surface area contributed by atoms with Crippen LogP contribution in [-0.2, 0) is 6.54 Å². The summed E-state index contributed by atoms with van der Waals surface area (Å²) in [5, 5.41) is 0.820. The lowest BCUT2D eigenvalue weighted by atomic mass is 9.86. The molecule has 1 aliphatic rings. The molecule has 1 aromatic carbocycles. The molecule has 0 spiro atoms. The van der Waals surface area contributed by atoms with Crippen molar-refractivity contribution in [3.05, 3.63) is 34.9 Å². The molecule has 2 unspecified atom stereocenters. The maximum atomic E-state index is 6.04. The Morgan fingerprint density at radius 3 is 2.94 bits per heavy atom. The molecule has 1 saturated carbocycles. The standard InChI is InChI=1S/C15H23ClN2/c1-18(10-12-4-2-6-14(16)8-12)11-13-5-3-7-15(17)9-13/h2,4,6,8,13,15H,3,5,7,9-11,17H2,1H3. The molecule has 1 fully saturated rings. The van der Waals surface area contributed by atoms with Crippen molar-refractivity contribution in [1.29, 1.82) is 0 Å². The molecule has 1 aromatic rings. The van der Waals surface area contributed by atoms with E-state index in [1.165, 1.54) is 31.2 Å². The third-order valence-electron chi connectivity index (χ3n) is 3.73. The van der Waals surface area contributed by atoms with Gasteiger partial charge in [0.25, 0.3) is 0 Å². The van der Waals surface area contributed by atoms with Crippen molar-refractivity contribution in [2.75, 3.05) is 13.6 Å². The van der Waals surface area contributed by atoms with E-state index in [1.54, 1.807) is 0 Å².